The Morgan fingerprint density at radius 2 is 1.25 bits per heavy atom. The van der Waals surface area contributed by atoms with Gasteiger partial charge in [-0.15, -0.1) is 0 Å². The maximum Gasteiger partial charge on any atom is 0.308 e. The Balaban J connectivity index is 1.65. The molecule has 4 unspecified atom stereocenters. The van der Waals surface area contributed by atoms with Crippen LogP contribution in [-0.4, -0.2) is 218 Å². The molecule has 3 saturated heterocycles. The van der Waals surface area contributed by atoms with Crippen molar-refractivity contribution in [3.63, 3.8) is 0 Å². The van der Waals surface area contributed by atoms with Gasteiger partial charge in [0.25, 0.3) is 0 Å². The van der Waals surface area contributed by atoms with Gasteiger partial charge >= 0.3 is 5.97 Å². The minimum absolute atomic E-state index is 0.154. The Hall–Kier alpha value is -3.64. The number of aliphatic hydroxyl groups excluding tert-OH is 13. The lowest BCUT2D eigenvalue weighted by molar-refractivity contribution is -0.307. The lowest BCUT2D eigenvalue weighted by atomic mass is 9.81. The summed E-state index contributed by atoms with van der Waals surface area (Å²) in [4.78, 5) is 26.9. The third kappa shape index (κ3) is 19.6. The smallest absolute Gasteiger partial charge is 0.308 e. The van der Waals surface area contributed by atoms with Crippen LogP contribution in [0.5, 0.6) is 0 Å². The highest BCUT2D eigenvalue weighted by molar-refractivity contribution is 5.80. The van der Waals surface area contributed by atoms with Gasteiger partial charge in [-0.25, -0.2) is 0 Å². The number of hydrogen-bond acceptors (Lipinski definition) is 22. The van der Waals surface area contributed by atoms with Crippen LogP contribution in [0, 0.1) is 17.8 Å². The highest BCUT2D eigenvalue weighted by Gasteiger charge is 2.53. The first-order valence-electron chi connectivity index (χ1n) is 25.9. The predicted molar refractivity (Wildman–Crippen MR) is 271 cm³/mol. The number of amides is 1. The number of hydrogen-bond donors (Lipinski definition) is 16. The first kappa shape index (κ1) is 64.9. The molecule has 0 spiro atoms. The monoisotopic (exact) mass is 1080 g/mol. The molecule has 432 valence electrons. The number of nitrogens with one attached hydrogen (secondary N) is 1. The highest BCUT2D eigenvalue weighted by atomic mass is 16.7. The molecule has 4 heterocycles. The van der Waals surface area contributed by atoms with Crippen LogP contribution in [0.4, 0.5) is 0 Å². The van der Waals surface area contributed by atoms with Crippen molar-refractivity contribution in [1.82, 2.24) is 5.32 Å². The zero-order valence-electron chi connectivity index (χ0n) is 43.4. The minimum Gasteiger partial charge on any atom is -0.462 e. The molecule has 0 saturated carbocycles. The predicted octanol–water partition coefficient (Wildman–Crippen LogP) is -2.46. The molecule has 23 nitrogen and oxygen atoms in total. The van der Waals surface area contributed by atoms with Gasteiger partial charge in [-0.3, -0.25) is 9.59 Å². The van der Waals surface area contributed by atoms with Crippen LogP contribution in [0.15, 0.2) is 85.1 Å². The Labute approximate surface area is 443 Å². The molecule has 0 aromatic carbocycles. The Morgan fingerprint density at radius 1 is 0.658 bits per heavy atom. The fourth-order valence-electron chi connectivity index (χ4n) is 9.50. The van der Waals surface area contributed by atoms with E-state index in [0.717, 1.165) is 0 Å². The molecule has 0 aromatic rings. The maximum absolute atomic E-state index is 14.2. The standard InChI is InChI=1S/C53H84N2O21/c1-28-17-15-13-11-9-7-5-6-8-10-12-14-16-18-35(74-52-48(67)43(54)46(65)31(4)73-52)24-39-42(50(69)55-44-49(68)47(66)40(27-56)75-51(44)70)38(62)26-53(71,76-39)25-34(59)22-37(61)36(60)20-19-32(57)21-33(58)23-41(63)72-30(3)29(2)45(28)64/h5-18,28-40,42-49,51-52,56-62,64-68,70-71H,19-27,54H2,1-4H3,(H,55,69)/b6-5+,9-7+,10-8+,13-11+,14-12+,17-15+,18-16+/t28-,29?,30-,31+,32+,33+,34-,35-,36+,37+,38-,39?,40+,42?,43-,44+,45+,46+,47-,48-,49+,51?,52-,53+/m0/s1. The Bertz CT molecular complexity index is 1990. The van der Waals surface area contributed by atoms with Crippen molar-refractivity contribution in [2.24, 2.45) is 23.5 Å². The maximum atomic E-state index is 14.2. The number of nitrogens with two attached hydrogens (primary N) is 1. The van der Waals surface area contributed by atoms with Crippen LogP contribution in [0.2, 0.25) is 0 Å². The normalized spacial score (nSPS) is 46.7. The number of carbonyl (C=O) groups is 2. The number of carbonyl (C=O) groups excluding carboxylic acids is 2. The molecule has 0 radical (unpaired) electrons. The van der Waals surface area contributed by atoms with Crippen LogP contribution >= 0.6 is 0 Å². The third-order valence-corrected chi connectivity index (χ3v) is 14.2. The van der Waals surface area contributed by atoms with Crippen molar-refractivity contribution in [2.75, 3.05) is 6.61 Å². The number of rotatable bonds is 5. The van der Waals surface area contributed by atoms with E-state index in [0.29, 0.717) is 0 Å². The quantitative estimate of drug-likeness (QED) is 0.127. The summed E-state index contributed by atoms with van der Waals surface area (Å²) in [5, 5.41) is 154. The van der Waals surface area contributed by atoms with Crippen LogP contribution in [0.3, 0.4) is 0 Å². The minimum atomic E-state index is -2.46. The summed E-state index contributed by atoms with van der Waals surface area (Å²) in [5.74, 6) is -6.76. The number of ether oxygens (including phenoxy) is 5. The Kier molecular flexibility index (Phi) is 26.7. The van der Waals surface area contributed by atoms with Gasteiger partial charge in [0.1, 0.15) is 36.6 Å². The second-order valence-corrected chi connectivity index (χ2v) is 20.5. The van der Waals surface area contributed by atoms with Crippen molar-refractivity contribution in [3.05, 3.63) is 85.1 Å². The molecule has 3 fully saturated rings. The second kappa shape index (κ2) is 31.2. The van der Waals surface area contributed by atoms with Crippen molar-refractivity contribution in [3.8, 4) is 0 Å². The molecule has 76 heavy (non-hydrogen) atoms. The zero-order chi connectivity index (χ0) is 56.4. The average molecular weight is 1090 g/mol. The van der Waals surface area contributed by atoms with Crippen molar-refractivity contribution in [2.45, 2.75) is 207 Å². The molecule has 23 heteroatoms. The van der Waals surface area contributed by atoms with E-state index < -0.39 is 191 Å². The first-order chi connectivity index (χ1) is 35.9. The van der Waals surface area contributed by atoms with E-state index in [2.05, 4.69) is 5.32 Å². The molecule has 4 aliphatic rings. The summed E-state index contributed by atoms with van der Waals surface area (Å²) in [5.41, 5.74) is 6.10. The van der Waals surface area contributed by atoms with Gasteiger partial charge in [-0.2, -0.15) is 0 Å². The number of aliphatic hydroxyl groups is 14. The van der Waals surface area contributed by atoms with Gasteiger partial charge in [-0.05, 0) is 33.1 Å². The van der Waals surface area contributed by atoms with E-state index in [-0.39, 0.29) is 25.2 Å². The lowest BCUT2D eigenvalue weighted by Gasteiger charge is -2.47. The number of fused-ring (bicyclic) bond motifs is 2. The molecule has 4 rings (SSSR count). The van der Waals surface area contributed by atoms with Crippen LogP contribution < -0.4 is 11.1 Å². The average Bonchev–Trinajstić information content (AvgIpc) is 3.34. The summed E-state index contributed by atoms with van der Waals surface area (Å²) < 4.78 is 28.8. The SMILES string of the molecule is CC1[C@H](C)OC(=O)C[C@H](O)C[C@H](O)CC[C@@H](O)[C@H](O)C[C@H](O)C[C@]2(O)C[C@H](O)C(C(=O)N[C@H]3C(O)O[C@H](CO)[C@H](O)[C@@H]3O)C(C[C@@H](O[C@@H]3O[C@H](C)[C@@H](O)[C@H](N)[C@@H]3O)/C=C/C=C/C=C/C=C/C=C/C=C/C=C/[C@H](C)[C@H]1O)O2. The Morgan fingerprint density at radius 3 is 1.86 bits per heavy atom. The highest BCUT2D eigenvalue weighted by Crippen LogP contribution is 2.39. The topological polar surface area (TPSA) is 402 Å². The summed E-state index contributed by atoms with van der Waals surface area (Å²) in [6.45, 7) is 5.88. The van der Waals surface area contributed by atoms with Gasteiger partial charge in [0.15, 0.2) is 18.4 Å². The second-order valence-electron chi connectivity index (χ2n) is 20.5. The molecule has 1 amide bonds. The van der Waals surface area contributed by atoms with Gasteiger partial charge in [0.05, 0.1) is 92.1 Å². The molecule has 2 bridgehead atoms. The zero-order valence-corrected chi connectivity index (χ0v) is 43.4. The van der Waals surface area contributed by atoms with Gasteiger partial charge in [0.2, 0.25) is 5.91 Å². The summed E-state index contributed by atoms with van der Waals surface area (Å²) >= 11 is 0. The molecule has 0 aromatic heterocycles. The van der Waals surface area contributed by atoms with Crippen LogP contribution in [0.1, 0.15) is 79.1 Å². The molecule has 4 aliphatic heterocycles. The molecule has 0 aliphatic carbocycles. The summed E-state index contributed by atoms with van der Waals surface area (Å²) in [6, 6.07) is -2.93. The van der Waals surface area contributed by atoms with Gasteiger partial charge in [0, 0.05) is 37.5 Å². The third-order valence-electron chi connectivity index (χ3n) is 14.2. The van der Waals surface area contributed by atoms with Crippen molar-refractivity contribution >= 4 is 11.9 Å². The molecule has 17 N–H and O–H groups in total. The molecule has 24 atom stereocenters. The summed E-state index contributed by atoms with van der Waals surface area (Å²) in [6.07, 6.45) is -5.57. The molecular formula is C53H84N2O21. The van der Waals surface area contributed by atoms with E-state index in [4.69, 9.17) is 29.4 Å². The van der Waals surface area contributed by atoms with Crippen molar-refractivity contribution < 1.29 is 105 Å². The number of allylic oxidation sites excluding steroid dienone is 12. The van der Waals surface area contributed by atoms with Gasteiger partial charge < -0.3 is 106 Å². The summed E-state index contributed by atoms with van der Waals surface area (Å²) in [7, 11) is 0. The fourth-order valence-corrected chi connectivity index (χ4v) is 9.50. The van der Waals surface area contributed by atoms with Crippen LogP contribution in [-0.2, 0) is 33.3 Å². The number of esters is 1. The first-order valence-corrected chi connectivity index (χ1v) is 25.9. The van der Waals surface area contributed by atoms with Gasteiger partial charge in [-0.1, -0.05) is 98.9 Å². The molecular weight excluding hydrogens is 1000 g/mol. The largest absolute Gasteiger partial charge is 0.462 e. The fraction of sp³-hybridized carbons (Fsp3) is 0.698. The van der Waals surface area contributed by atoms with E-state index >= 15 is 0 Å². The van der Waals surface area contributed by atoms with E-state index in [1.165, 1.54) is 13.0 Å². The number of cyclic esters (lactones) is 1. The van der Waals surface area contributed by atoms with Crippen molar-refractivity contribution in [1.29, 1.82) is 0 Å². The van der Waals surface area contributed by atoms with E-state index in [9.17, 15) is 81.1 Å². The lowest BCUT2D eigenvalue weighted by Crippen LogP contribution is -2.66. The van der Waals surface area contributed by atoms with Crippen LogP contribution in [0.25, 0.3) is 0 Å². The van der Waals surface area contributed by atoms with E-state index in [1.54, 1.807) is 92.8 Å². The van der Waals surface area contributed by atoms with E-state index in [1.807, 2.05) is 6.92 Å².